The van der Waals surface area contributed by atoms with Gasteiger partial charge in [0.2, 0.25) is 0 Å². The summed E-state index contributed by atoms with van der Waals surface area (Å²) in [5.41, 5.74) is 0.971. The fraction of sp³-hybridized carbons (Fsp3) is 0.636. The third kappa shape index (κ3) is 2.36. The van der Waals surface area contributed by atoms with E-state index in [-0.39, 0.29) is 5.41 Å². The quantitative estimate of drug-likeness (QED) is 0.841. The molecule has 2 rings (SSSR count). The van der Waals surface area contributed by atoms with Gasteiger partial charge in [-0.25, -0.2) is 0 Å². The van der Waals surface area contributed by atoms with Gasteiger partial charge in [0.05, 0.1) is 5.69 Å². The summed E-state index contributed by atoms with van der Waals surface area (Å²) < 4.78 is 6.12. The van der Waals surface area contributed by atoms with Gasteiger partial charge in [0.1, 0.15) is 11.2 Å². The van der Waals surface area contributed by atoms with Crippen molar-refractivity contribution in [2.45, 2.75) is 46.1 Å². The Hall–Kier alpha value is -1.30. The highest BCUT2D eigenvalue weighted by Gasteiger charge is 2.25. The van der Waals surface area contributed by atoms with Gasteiger partial charge in [0.15, 0.2) is 5.82 Å². The Bertz CT molecular complexity index is 494. The van der Waals surface area contributed by atoms with Gasteiger partial charge < -0.3 is 4.57 Å². The normalized spacial score (nSPS) is 12.0. The SMILES string of the molecule is CCCn1cnnc1-c1snnc1C(C)(C)C. The lowest BCUT2D eigenvalue weighted by Crippen LogP contribution is -2.14. The second kappa shape index (κ2) is 4.52. The summed E-state index contributed by atoms with van der Waals surface area (Å²) in [6.45, 7) is 9.46. The number of aromatic nitrogens is 5. The number of hydrogen-bond donors (Lipinski definition) is 0. The minimum Gasteiger partial charge on any atom is -0.313 e. The molecule has 2 aromatic rings. The summed E-state index contributed by atoms with van der Waals surface area (Å²) >= 11 is 1.39. The van der Waals surface area contributed by atoms with Gasteiger partial charge in [-0.3, -0.25) is 0 Å². The van der Waals surface area contributed by atoms with Crippen LogP contribution in [0.2, 0.25) is 0 Å². The van der Waals surface area contributed by atoms with E-state index in [0.29, 0.717) is 0 Å². The van der Waals surface area contributed by atoms with Crippen LogP contribution in [0.5, 0.6) is 0 Å². The summed E-state index contributed by atoms with van der Waals surface area (Å²) in [5.74, 6) is 0.881. The van der Waals surface area contributed by atoms with Crippen LogP contribution in [0.4, 0.5) is 0 Å². The number of nitrogens with zero attached hydrogens (tertiary/aromatic N) is 5. The van der Waals surface area contributed by atoms with Crippen molar-refractivity contribution >= 4 is 11.5 Å². The van der Waals surface area contributed by atoms with Crippen LogP contribution < -0.4 is 0 Å². The maximum atomic E-state index is 4.23. The van der Waals surface area contributed by atoms with Crippen molar-refractivity contribution in [1.82, 2.24) is 24.4 Å². The number of hydrogen-bond acceptors (Lipinski definition) is 5. The van der Waals surface area contributed by atoms with E-state index in [4.69, 9.17) is 0 Å². The molecule has 0 atom stereocenters. The van der Waals surface area contributed by atoms with Gasteiger partial charge in [-0.1, -0.05) is 32.2 Å². The molecule has 6 heteroatoms. The van der Waals surface area contributed by atoms with Crippen molar-refractivity contribution in [1.29, 1.82) is 0 Å². The van der Waals surface area contributed by atoms with Crippen LogP contribution in [0.3, 0.4) is 0 Å². The summed E-state index contributed by atoms with van der Waals surface area (Å²) in [7, 11) is 0. The highest BCUT2D eigenvalue weighted by molar-refractivity contribution is 7.09. The van der Waals surface area contributed by atoms with Crippen molar-refractivity contribution in [3.8, 4) is 10.7 Å². The summed E-state index contributed by atoms with van der Waals surface area (Å²) in [6, 6.07) is 0. The molecule has 5 nitrogen and oxygen atoms in total. The van der Waals surface area contributed by atoms with Gasteiger partial charge in [-0.15, -0.1) is 15.3 Å². The highest BCUT2D eigenvalue weighted by atomic mass is 32.1. The van der Waals surface area contributed by atoms with Crippen LogP contribution >= 0.6 is 11.5 Å². The Morgan fingerprint density at radius 2 is 2.06 bits per heavy atom. The first-order valence-corrected chi connectivity index (χ1v) is 6.52. The molecule has 0 saturated heterocycles. The molecule has 0 unspecified atom stereocenters. The predicted molar refractivity (Wildman–Crippen MR) is 67.9 cm³/mol. The van der Waals surface area contributed by atoms with Gasteiger partial charge in [-0.05, 0) is 18.0 Å². The third-order valence-electron chi connectivity index (χ3n) is 2.48. The van der Waals surface area contributed by atoms with Crippen LogP contribution in [-0.4, -0.2) is 24.4 Å². The topological polar surface area (TPSA) is 56.5 Å². The average Bonchev–Trinajstić information content (AvgIpc) is 2.82. The van der Waals surface area contributed by atoms with Crippen LogP contribution in [0.25, 0.3) is 10.7 Å². The van der Waals surface area contributed by atoms with Crippen molar-refractivity contribution in [2.24, 2.45) is 0 Å². The molecular formula is C11H17N5S. The molecule has 0 saturated carbocycles. The first kappa shape index (κ1) is 12.2. The summed E-state index contributed by atoms with van der Waals surface area (Å²) in [5, 5.41) is 12.4. The van der Waals surface area contributed by atoms with Gasteiger partial charge in [0.25, 0.3) is 0 Å². The Balaban J connectivity index is 2.47. The van der Waals surface area contributed by atoms with Crippen molar-refractivity contribution in [3.63, 3.8) is 0 Å². The molecule has 0 aliphatic rings. The zero-order chi connectivity index (χ0) is 12.5. The maximum absolute atomic E-state index is 4.23. The monoisotopic (exact) mass is 251 g/mol. The van der Waals surface area contributed by atoms with Crippen LogP contribution in [0, 0.1) is 0 Å². The van der Waals surface area contributed by atoms with Gasteiger partial charge in [0, 0.05) is 12.0 Å². The van der Waals surface area contributed by atoms with E-state index in [2.05, 4.69) is 52.0 Å². The van der Waals surface area contributed by atoms with E-state index in [9.17, 15) is 0 Å². The second-order valence-corrected chi connectivity index (χ2v) is 5.80. The smallest absolute Gasteiger partial charge is 0.177 e. The Morgan fingerprint density at radius 3 is 2.71 bits per heavy atom. The van der Waals surface area contributed by atoms with Crippen molar-refractivity contribution in [3.05, 3.63) is 12.0 Å². The second-order valence-electron chi connectivity index (χ2n) is 5.05. The Labute approximate surface area is 105 Å². The van der Waals surface area contributed by atoms with E-state index >= 15 is 0 Å². The van der Waals surface area contributed by atoms with Crippen LogP contribution in [0.1, 0.15) is 39.8 Å². The lowest BCUT2D eigenvalue weighted by molar-refractivity contribution is 0.567. The molecule has 2 aromatic heterocycles. The van der Waals surface area contributed by atoms with Crippen LogP contribution in [-0.2, 0) is 12.0 Å². The largest absolute Gasteiger partial charge is 0.313 e. The fourth-order valence-electron chi connectivity index (χ4n) is 1.66. The maximum Gasteiger partial charge on any atom is 0.177 e. The Morgan fingerprint density at radius 1 is 1.29 bits per heavy atom. The molecule has 0 spiro atoms. The molecule has 0 bridgehead atoms. The lowest BCUT2D eigenvalue weighted by atomic mass is 9.91. The predicted octanol–water partition coefficient (Wildman–Crippen LogP) is 2.50. The van der Waals surface area contributed by atoms with Gasteiger partial charge >= 0.3 is 0 Å². The third-order valence-corrected chi connectivity index (χ3v) is 3.20. The molecular weight excluding hydrogens is 234 g/mol. The van der Waals surface area contributed by atoms with E-state index in [0.717, 1.165) is 29.4 Å². The molecule has 0 aliphatic heterocycles. The first-order chi connectivity index (χ1) is 8.04. The number of aryl methyl sites for hydroxylation is 1. The molecule has 0 N–H and O–H groups in total. The molecule has 2 heterocycles. The molecule has 92 valence electrons. The van der Waals surface area contributed by atoms with E-state index in [1.165, 1.54) is 11.5 Å². The van der Waals surface area contributed by atoms with Crippen molar-refractivity contribution in [2.75, 3.05) is 0 Å². The highest BCUT2D eigenvalue weighted by Crippen LogP contribution is 2.32. The summed E-state index contributed by atoms with van der Waals surface area (Å²) in [6.07, 6.45) is 2.83. The van der Waals surface area contributed by atoms with Gasteiger partial charge in [-0.2, -0.15) is 0 Å². The Kier molecular flexibility index (Phi) is 3.24. The minimum atomic E-state index is -0.0225. The molecule has 0 aliphatic carbocycles. The zero-order valence-corrected chi connectivity index (χ0v) is 11.5. The zero-order valence-electron chi connectivity index (χ0n) is 10.6. The van der Waals surface area contributed by atoms with Crippen molar-refractivity contribution < 1.29 is 0 Å². The standard InChI is InChI=1S/C11H17N5S/c1-5-6-16-7-12-14-10(16)8-9(11(2,3)4)13-15-17-8/h7H,5-6H2,1-4H3. The first-order valence-electron chi connectivity index (χ1n) is 5.75. The number of rotatable bonds is 3. The van der Waals surface area contributed by atoms with E-state index < -0.39 is 0 Å². The lowest BCUT2D eigenvalue weighted by Gasteiger charge is -2.16. The van der Waals surface area contributed by atoms with E-state index in [1.54, 1.807) is 6.33 Å². The fourth-order valence-corrected chi connectivity index (χ4v) is 2.54. The van der Waals surface area contributed by atoms with Crippen LogP contribution in [0.15, 0.2) is 6.33 Å². The summed E-state index contributed by atoms with van der Waals surface area (Å²) in [4.78, 5) is 1.03. The molecule has 0 radical (unpaired) electrons. The molecule has 0 fully saturated rings. The molecule has 0 amide bonds. The molecule has 0 aromatic carbocycles. The van der Waals surface area contributed by atoms with E-state index in [1.807, 2.05) is 0 Å². The average molecular weight is 251 g/mol. The molecule has 17 heavy (non-hydrogen) atoms. The minimum absolute atomic E-state index is 0.0225.